The molecule has 0 aliphatic rings. The van der Waals surface area contributed by atoms with Gasteiger partial charge in [-0.25, -0.2) is 9.59 Å². The Hall–Kier alpha value is -1.10. The Morgan fingerprint density at radius 2 is 0.732 bits per heavy atom. The van der Waals surface area contributed by atoms with Gasteiger partial charge in [0.15, 0.2) is 0 Å². The maximum atomic E-state index is 12.7. The molecule has 0 spiro atoms. The number of unbranched alkanes of at least 4 members (excludes halogenated alkanes) is 23. The number of carboxylic acids is 1. The van der Waals surface area contributed by atoms with E-state index in [9.17, 15) is 9.59 Å². The van der Waals surface area contributed by atoms with Gasteiger partial charge in [0, 0.05) is 12.2 Å². The molecule has 0 aliphatic heterocycles. The van der Waals surface area contributed by atoms with Gasteiger partial charge in [0.25, 0.3) is 8.32 Å². The molecule has 1 N–H and O–H groups in total. The van der Waals surface area contributed by atoms with Crippen LogP contribution in [-0.2, 0) is 14.0 Å². The fourth-order valence-corrected chi connectivity index (χ4v) is 10.2. The number of hydrogen-bond donors (Lipinski definition) is 1. The zero-order chi connectivity index (χ0) is 30.3. The van der Waals surface area contributed by atoms with E-state index in [0.29, 0.717) is 0 Å². The SMILES string of the molecule is CCCCCCCCCCCCCCCC[Si](CCCCCCCC)(CCCCCCCC)OC(=O)/C=C\C(=O)O. The fraction of sp³-hybridized carbons (Fsp3) is 0.889. The van der Waals surface area contributed by atoms with Gasteiger partial charge in [-0.15, -0.1) is 0 Å². The van der Waals surface area contributed by atoms with Gasteiger partial charge in [-0.3, -0.25) is 0 Å². The number of carbonyl (C=O) groups excluding carboxylic acids is 1. The highest BCUT2D eigenvalue weighted by Crippen LogP contribution is 2.31. The van der Waals surface area contributed by atoms with Crippen molar-refractivity contribution in [2.75, 3.05) is 0 Å². The molecule has 0 aromatic rings. The van der Waals surface area contributed by atoms with Crippen LogP contribution in [0.15, 0.2) is 12.2 Å². The first kappa shape index (κ1) is 39.9. The number of hydrogen-bond acceptors (Lipinski definition) is 3. The van der Waals surface area contributed by atoms with E-state index in [0.717, 1.165) is 49.5 Å². The molecule has 0 aromatic heterocycles. The first-order valence-electron chi connectivity index (χ1n) is 18.1. The minimum Gasteiger partial charge on any atom is -0.516 e. The topological polar surface area (TPSA) is 63.6 Å². The summed E-state index contributed by atoms with van der Waals surface area (Å²) in [7, 11) is -2.26. The van der Waals surface area contributed by atoms with Crippen LogP contribution in [-0.4, -0.2) is 25.4 Å². The van der Waals surface area contributed by atoms with Crippen molar-refractivity contribution in [1.29, 1.82) is 0 Å². The smallest absolute Gasteiger partial charge is 0.328 e. The Balaban J connectivity index is 4.73. The third-order valence-corrected chi connectivity index (χ3v) is 13.1. The predicted octanol–water partition coefficient (Wildman–Crippen LogP) is 12.3. The number of carbonyl (C=O) groups is 2. The first-order chi connectivity index (χ1) is 20.0. The van der Waals surface area contributed by atoms with Gasteiger partial charge in [-0.05, 0) is 18.1 Å². The molecule has 0 unspecified atom stereocenters. The van der Waals surface area contributed by atoms with Crippen molar-refractivity contribution in [3.8, 4) is 0 Å². The van der Waals surface area contributed by atoms with Crippen LogP contribution < -0.4 is 0 Å². The Labute approximate surface area is 257 Å². The summed E-state index contributed by atoms with van der Waals surface area (Å²) in [6.07, 6.45) is 35.9. The molecule has 0 fully saturated rings. The third-order valence-electron chi connectivity index (χ3n) is 8.64. The van der Waals surface area contributed by atoms with Crippen molar-refractivity contribution in [2.45, 2.75) is 206 Å². The molecule has 4 nitrogen and oxygen atoms in total. The summed E-state index contributed by atoms with van der Waals surface area (Å²) >= 11 is 0. The van der Waals surface area contributed by atoms with E-state index in [4.69, 9.17) is 9.53 Å². The van der Waals surface area contributed by atoms with Crippen molar-refractivity contribution >= 4 is 20.3 Å². The van der Waals surface area contributed by atoms with Crippen LogP contribution in [0.1, 0.15) is 188 Å². The average Bonchev–Trinajstić information content (AvgIpc) is 2.95. The number of rotatable bonds is 32. The minimum absolute atomic E-state index is 0.429. The molecule has 0 saturated heterocycles. The largest absolute Gasteiger partial charge is 0.516 e. The Morgan fingerprint density at radius 1 is 0.463 bits per heavy atom. The van der Waals surface area contributed by atoms with Crippen LogP contribution in [0.4, 0.5) is 0 Å². The standard InChI is InChI=1S/C36H70O4Si/c1-4-7-10-13-16-17-18-19-20-21-22-23-26-29-34-41(32-27-24-14-11-8-5-2,33-28-25-15-12-9-6-3)40-36(39)31-30-35(37)38/h30-31H,4-29,32-34H2,1-3H3,(H,37,38)/b31-30-. The van der Waals surface area contributed by atoms with Gasteiger partial charge in [0.1, 0.15) is 0 Å². The fourth-order valence-electron chi connectivity index (χ4n) is 6.01. The van der Waals surface area contributed by atoms with Crippen LogP contribution in [0, 0.1) is 0 Å². The maximum absolute atomic E-state index is 12.7. The van der Waals surface area contributed by atoms with Crippen LogP contribution in [0.3, 0.4) is 0 Å². The summed E-state index contributed by atoms with van der Waals surface area (Å²) < 4.78 is 6.31. The molecule has 0 heterocycles. The van der Waals surface area contributed by atoms with E-state index in [1.807, 2.05) is 0 Å². The summed E-state index contributed by atoms with van der Waals surface area (Å²) in [4.78, 5) is 23.7. The van der Waals surface area contributed by atoms with Crippen molar-refractivity contribution in [2.24, 2.45) is 0 Å². The monoisotopic (exact) mass is 595 g/mol. The molecular formula is C36H70O4Si. The van der Waals surface area contributed by atoms with Gasteiger partial charge >= 0.3 is 11.9 Å². The first-order valence-corrected chi connectivity index (χ1v) is 20.7. The van der Waals surface area contributed by atoms with Gasteiger partial charge < -0.3 is 9.53 Å². The van der Waals surface area contributed by atoms with E-state index in [1.165, 1.54) is 148 Å². The van der Waals surface area contributed by atoms with E-state index >= 15 is 0 Å². The maximum Gasteiger partial charge on any atom is 0.328 e. The van der Waals surface area contributed by atoms with Crippen molar-refractivity contribution in [3.63, 3.8) is 0 Å². The Kier molecular flexibility index (Phi) is 29.5. The third kappa shape index (κ3) is 27.5. The lowest BCUT2D eigenvalue weighted by Crippen LogP contribution is -2.40. The molecule has 0 aliphatic carbocycles. The zero-order valence-corrected chi connectivity index (χ0v) is 28.8. The Morgan fingerprint density at radius 3 is 1.00 bits per heavy atom. The van der Waals surface area contributed by atoms with Crippen LogP contribution in [0.25, 0.3) is 0 Å². The number of aliphatic carboxylic acids is 1. The molecule has 0 rings (SSSR count). The lowest BCUT2D eigenvalue weighted by Gasteiger charge is -2.31. The second-order valence-electron chi connectivity index (χ2n) is 12.7. The summed E-state index contributed by atoms with van der Waals surface area (Å²) in [5.74, 6) is -1.52. The summed E-state index contributed by atoms with van der Waals surface area (Å²) in [5, 5.41) is 9.01. The van der Waals surface area contributed by atoms with E-state index in [-0.39, 0.29) is 0 Å². The summed E-state index contributed by atoms with van der Waals surface area (Å²) in [6.45, 7) is 6.78. The molecule has 5 heteroatoms. The van der Waals surface area contributed by atoms with Crippen LogP contribution >= 0.6 is 0 Å². The van der Waals surface area contributed by atoms with Crippen molar-refractivity contribution < 1.29 is 19.1 Å². The molecule has 0 aromatic carbocycles. The normalized spacial score (nSPS) is 11.9. The highest BCUT2D eigenvalue weighted by Gasteiger charge is 2.36. The molecule has 0 saturated carbocycles. The molecular weight excluding hydrogens is 524 g/mol. The van der Waals surface area contributed by atoms with Crippen molar-refractivity contribution in [3.05, 3.63) is 12.2 Å². The van der Waals surface area contributed by atoms with Crippen LogP contribution in [0.2, 0.25) is 18.1 Å². The van der Waals surface area contributed by atoms with Crippen molar-refractivity contribution in [1.82, 2.24) is 0 Å². The molecule has 41 heavy (non-hydrogen) atoms. The summed E-state index contributed by atoms with van der Waals surface area (Å²) in [6, 6.07) is 3.12. The summed E-state index contributed by atoms with van der Waals surface area (Å²) in [5.41, 5.74) is 0. The average molecular weight is 595 g/mol. The lowest BCUT2D eigenvalue weighted by molar-refractivity contribution is -0.133. The predicted molar refractivity (Wildman–Crippen MR) is 180 cm³/mol. The van der Waals surface area contributed by atoms with Crippen LogP contribution in [0.5, 0.6) is 0 Å². The van der Waals surface area contributed by atoms with E-state index in [2.05, 4.69) is 20.8 Å². The molecule has 242 valence electrons. The van der Waals surface area contributed by atoms with E-state index in [1.54, 1.807) is 0 Å². The Bertz CT molecular complexity index is 603. The molecule has 0 radical (unpaired) electrons. The second kappa shape index (κ2) is 30.4. The van der Waals surface area contributed by atoms with Gasteiger partial charge in [-0.2, -0.15) is 0 Å². The quantitative estimate of drug-likeness (QED) is 0.0478. The highest BCUT2D eigenvalue weighted by molar-refractivity contribution is 6.75. The number of carboxylic acid groups (broad SMARTS) is 1. The minimum atomic E-state index is -2.26. The van der Waals surface area contributed by atoms with Gasteiger partial charge in [0.05, 0.1) is 0 Å². The molecule has 0 bridgehead atoms. The van der Waals surface area contributed by atoms with Gasteiger partial charge in [-0.1, -0.05) is 188 Å². The molecule has 0 atom stereocenters. The second-order valence-corrected chi connectivity index (χ2v) is 16.7. The van der Waals surface area contributed by atoms with E-state index < -0.39 is 20.3 Å². The van der Waals surface area contributed by atoms with Gasteiger partial charge in [0.2, 0.25) is 0 Å². The molecule has 0 amide bonds. The zero-order valence-electron chi connectivity index (χ0n) is 27.8. The highest BCUT2D eigenvalue weighted by atomic mass is 28.4. The lowest BCUT2D eigenvalue weighted by atomic mass is 10.0.